The van der Waals surface area contributed by atoms with Crippen molar-refractivity contribution in [2.75, 3.05) is 23.7 Å². The number of pyridine rings is 2. The van der Waals surface area contributed by atoms with Crippen molar-refractivity contribution in [3.63, 3.8) is 0 Å². The summed E-state index contributed by atoms with van der Waals surface area (Å²) in [5, 5.41) is 31.4. The topological polar surface area (TPSA) is 284 Å². The summed E-state index contributed by atoms with van der Waals surface area (Å²) in [6.45, 7) is 16.8. The Bertz CT molecular complexity index is 2770. The molecule has 2 saturated heterocycles. The minimum absolute atomic E-state index is 0.0897. The van der Waals surface area contributed by atoms with Gasteiger partial charge in [0, 0.05) is 48.5 Å². The summed E-state index contributed by atoms with van der Waals surface area (Å²) in [4.78, 5) is 92.4. The number of likely N-dealkylation sites (tertiary alicyclic amines) is 2. The van der Waals surface area contributed by atoms with E-state index in [-0.39, 0.29) is 78.4 Å². The maximum Gasteiger partial charge on any atom is 0.411 e. The molecular weight excluding hydrogens is 925 g/mol. The first-order chi connectivity index (χ1) is 34.1. The van der Waals surface area contributed by atoms with Crippen LogP contribution < -0.4 is 38.4 Å². The molecule has 0 aliphatic carbocycles. The summed E-state index contributed by atoms with van der Waals surface area (Å²) in [5.74, 6) is -2.94. The minimum Gasteiger partial charge on any atom is -0.444 e. The molecular formula is C52H66N10O10. The maximum absolute atomic E-state index is 13.6. The van der Waals surface area contributed by atoms with Gasteiger partial charge in [-0.05, 0) is 120 Å². The fourth-order valence-electron chi connectivity index (χ4n) is 8.79. The standard InChI is InChI=1S/C28H36N4O6.C24H30N6O4/c1-18-11-13-22(29-23(33)14-12-20-9-7-6-8-10-20)26(35)32(18)24-17-21(19(2)25(34)30-37)15-16-31(24)27(36)38-28(3,4)5;1-15-8-10-19(27-20(31)11-9-17-6-4-3-5-7-17)23(33)30(15)21-14-18(16(2)22(32)28-34)12-13-29(21)24(25)26/h6-11,13,21,24,37H,2,12,14-17H2,1,3-5H3,(H,29,33)(H,30,34);3-8,10,18,21,34H,2,9,11-14H2,1H3,(H3,25,26)(H,27,31)(H,28,32). The largest absolute Gasteiger partial charge is 0.444 e. The van der Waals surface area contributed by atoms with E-state index in [1.807, 2.05) is 60.7 Å². The predicted octanol–water partition coefficient (Wildman–Crippen LogP) is 5.83. The van der Waals surface area contributed by atoms with Crippen LogP contribution in [0.5, 0.6) is 0 Å². The molecule has 2 aliphatic heterocycles. The fraction of sp³-hybridized carbons (Fsp3) is 0.385. The highest BCUT2D eigenvalue weighted by atomic mass is 16.6. The summed E-state index contributed by atoms with van der Waals surface area (Å²) in [7, 11) is 0. The number of nitrogens with two attached hydrogens (primary N) is 1. The van der Waals surface area contributed by atoms with Gasteiger partial charge in [0.15, 0.2) is 5.96 Å². The minimum atomic E-state index is -0.805. The molecule has 9 N–H and O–H groups in total. The van der Waals surface area contributed by atoms with Crippen LogP contribution in [-0.2, 0) is 36.8 Å². The molecule has 2 fully saturated rings. The van der Waals surface area contributed by atoms with Crippen molar-refractivity contribution < 1.29 is 39.1 Å². The molecule has 0 spiro atoms. The van der Waals surface area contributed by atoms with E-state index in [1.165, 1.54) is 14.0 Å². The zero-order valence-electron chi connectivity index (χ0n) is 41.4. The van der Waals surface area contributed by atoms with Crippen molar-refractivity contribution in [3.8, 4) is 0 Å². The number of aryl methyl sites for hydroxylation is 4. The molecule has 20 nitrogen and oxygen atoms in total. The number of hydroxylamine groups is 2. The van der Waals surface area contributed by atoms with Crippen LogP contribution in [0.1, 0.15) is 94.1 Å². The van der Waals surface area contributed by atoms with Crippen molar-refractivity contribution in [1.82, 2.24) is 29.9 Å². The van der Waals surface area contributed by atoms with Crippen LogP contribution in [0.25, 0.3) is 0 Å². The number of aromatic nitrogens is 2. The van der Waals surface area contributed by atoms with Gasteiger partial charge in [0.25, 0.3) is 22.9 Å². The summed E-state index contributed by atoms with van der Waals surface area (Å²) in [6, 6.07) is 25.7. The number of carbonyl (C=O) groups is 5. The SMILES string of the molecule is C=C(C(=O)NO)C1CCN(C(=N)N)C(n2c(C)ccc(NC(=O)CCc3ccccc3)c2=O)C1.C=C(C(=O)NO)C1CCN(C(=O)OC(C)(C)C)C(n2c(C)ccc(NC(=O)CCc3ccccc3)c2=O)C1. The highest BCUT2D eigenvalue weighted by molar-refractivity contribution is 5.93. The lowest BCUT2D eigenvalue weighted by molar-refractivity contribution is -0.126. The number of amides is 5. The van der Waals surface area contributed by atoms with Crippen LogP contribution in [0, 0.1) is 31.1 Å². The monoisotopic (exact) mass is 990 g/mol. The van der Waals surface area contributed by atoms with E-state index in [1.54, 1.807) is 74.7 Å². The first-order valence-electron chi connectivity index (χ1n) is 23.6. The number of nitrogens with zero attached hydrogens (tertiary/aromatic N) is 4. The molecule has 0 saturated carbocycles. The number of hydrogen-bond acceptors (Lipinski definition) is 11. The second-order valence-corrected chi connectivity index (χ2v) is 18.8. The van der Waals surface area contributed by atoms with Crippen molar-refractivity contribution in [3.05, 3.63) is 152 Å². The Morgan fingerprint density at radius 2 is 1.06 bits per heavy atom. The molecule has 4 aromatic rings. The second-order valence-electron chi connectivity index (χ2n) is 18.8. The molecule has 0 radical (unpaired) electrons. The number of nitrogens with one attached hydrogen (secondary N) is 5. The lowest BCUT2D eigenvalue weighted by Gasteiger charge is -2.41. The van der Waals surface area contributed by atoms with Crippen LogP contribution in [0.4, 0.5) is 16.2 Å². The Kier molecular flexibility index (Phi) is 19.0. The first-order valence-corrected chi connectivity index (χ1v) is 23.6. The third-order valence-electron chi connectivity index (χ3n) is 12.6. The normalized spacial score (nSPS) is 17.5. The van der Waals surface area contributed by atoms with Gasteiger partial charge < -0.3 is 26.0 Å². The number of guanidine groups is 1. The van der Waals surface area contributed by atoms with Crippen molar-refractivity contribution >= 4 is 47.1 Å². The Balaban J connectivity index is 0.000000269. The quantitative estimate of drug-likeness (QED) is 0.0244. The van der Waals surface area contributed by atoms with Gasteiger partial charge in [0.2, 0.25) is 11.8 Å². The highest BCUT2D eigenvalue weighted by Gasteiger charge is 2.39. The molecule has 4 unspecified atom stereocenters. The average Bonchev–Trinajstić information content (AvgIpc) is 3.36. The van der Waals surface area contributed by atoms with Crippen molar-refractivity contribution in [1.29, 1.82) is 5.41 Å². The first kappa shape index (κ1) is 55.1. The third kappa shape index (κ3) is 14.4. The van der Waals surface area contributed by atoms with Gasteiger partial charge in [-0.25, -0.2) is 15.8 Å². The summed E-state index contributed by atoms with van der Waals surface area (Å²) in [6.07, 6.45) is 0.771. The number of ether oxygens (including phenoxy) is 1. The maximum atomic E-state index is 13.6. The van der Waals surface area contributed by atoms with Gasteiger partial charge >= 0.3 is 6.09 Å². The van der Waals surface area contributed by atoms with E-state index in [2.05, 4.69) is 23.8 Å². The van der Waals surface area contributed by atoms with Crippen LogP contribution in [0.15, 0.2) is 119 Å². The van der Waals surface area contributed by atoms with E-state index in [4.69, 9.17) is 26.3 Å². The van der Waals surface area contributed by atoms with Crippen molar-refractivity contribution in [2.45, 2.75) is 104 Å². The van der Waals surface area contributed by atoms with Crippen LogP contribution >= 0.6 is 0 Å². The zero-order valence-corrected chi connectivity index (χ0v) is 41.4. The van der Waals surface area contributed by atoms with Crippen molar-refractivity contribution in [2.24, 2.45) is 17.6 Å². The number of hydrogen-bond donors (Lipinski definition) is 8. The average molecular weight is 991 g/mol. The molecule has 2 aromatic carbocycles. The number of anilines is 2. The Hall–Kier alpha value is -7.84. The number of carbonyl (C=O) groups excluding carboxylic acids is 5. The van der Waals surface area contributed by atoms with E-state index in [9.17, 15) is 33.6 Å². The molecule has 4 atom stereocenters. The molecule has 2 aliphatic rings. The molecule has 4 heterocycles. The molecule has 5 amide bonds. The van der Waals surface area contributed by atoms with Crippen LogP contribution in [0.2, 0.25) is 0 Å². The van der Waals surface area contributed by atoms with Gasteiger partial charge in [0.1, 0.15) is 29.3 Å². The summed E-state index contributed by atoms with van der Waals surface area (Å²) >= 11 is 0. The second kappa shape index (κ2) is 24.8. The summed E-state index contributed by atoms with van der Waals surface area (Å²) in [5.41, 5.74) is 11.1. The molecule has 20 heteroatoms. The molecule has 72 heavy (non-hydrogen) atoms. The van der Waals surface area contributed by atoms with E-state index in [0.717, 1.165) is 11.1 Å². The lowest BCUT2D eigenvalue weighted by atomic mass is 9.87. The number of piperidine rings is 2. The number of rotatable bonds is 14. The molecule has 384 valence electrons. The molecule has 0 bridgehead atoms. The Labute approximate surface area is 418 Å². The molecule has 6 rings (SSSR count). The van der Waals surface area contributed by atoms with Gasteiger partial charge in [-0.3, -0.25) is 58.6 Å². The Morgan fingerprint density at radius 1 is 0.667 bits per heavy atom. The fourth-order valence-corrected chi connectivity index (χ4v) is 8.79. The van der Waals surface area contributed by atoms with Gasteiger partial charge in [-0.2, -0.15) is 0 Å². The summed E-state index contributed by atoms with van der Waals surface area (Å²) < 4.78 is 8.52. The smallest absolute Gasteiger partial charge is 0.411 e. The van der Waals surface area contributed by atoms with Gasteiger partial charge in [0.05, 0.1) is 0 Å². The van der Waals surface area contributed by atoms with Gasteiger partial charge in [-0.15, -0.1) is 0 Å². The van der Waals surface area contributed by atoms with E-state index < -0.39 is 52.9 Å². The number of benzene rings is 2. The van der Waals surface area contributed by atoms with E-state index in [0.29, 0.717) is 43.6 Å². The van der Waals surface area contributed by atoms with E-state index >= 15 is 0 Å². The highest BCUT2D eigenvalue weighted by Crippen LogP contribution is 2.36. The zero-order chi connectivity index (χ0) is 52.9. The predicted molar refractivity (Wildman–Crippen MR) is 271 cm³/mol. The van der Waals surface area contributed by atoms with Gasteiger partial charge in [-0.1, -0.05) is 73.8 Å². The third-order valence-corrected chi connectivity index (χ3v) is 12.6. The van der Waals surface area contributed by atoms with Crippen LogP contribution in [0.3, 0.4) is 0 Å². The van der Waals surface area contributed by atoms with Crippen LogP contribution in [-0.4, -0.2) is 83.7 Å². The lowest BCUT2D eigenvalue weighted by Crippen LogP contribution is -2.50. The Morgan fingerprint density at radius 3 is 1.43 bits per heavy atom. The molecule has 2 aromatic heterocycles.